The molecule has 0 saturated carbocycles. The number of nitrogens with one attached hydrogen (secondary N) is 1. The molecule has 3 aromatic carbocycles. The molecule has 0 saturated heterocycles. The zero-order valence-corrected chi connectivity index (χ0v) is 16.4. The predicted octanol–water partition coefficient (Wildman–Crippen LogP) is 2.71. The number of fused-ring (bicyclic) bond motifs is 1. The molecule has 0 bridgehead atoms. The van der Waals surface area contributed by atoms with Crippen molar-refractivity contribution in [1.29, 1.82) is 0 Å². The van der Waals surface area contributed by atoms with Crippen LogP contribution in [0, 0.1) is 0 Å². The average molecular weight is 405 g/mol. The molecule has 0 atom stereocenters. The third-order valence-electron chi connectivity index (χ3n) is 4.66. The fraction of sp³-hybridized carbons (Fsp3) is 0.0909. The van der Waals surface area contributed by atoms with Crippen molar-refractivity contribution >= 4 is 21.7 Å². The van der Waals surface area contributed by atoms with E-state index in [0.29, 0.717) is 29.7 Å². The largest absolute Gasteiger partial charge is 0.279 e. The van der Waals surface area contributed by atoms with Crippen LogP contribution in [0.25, 0.3) is 27.7 Å². The number of rotatable bonds is 6. The Labute approximate surface area is 169 Å². The molecule has 0 unspecified atom stereocenters. The quantitative estimate of drug-likeness (QED) is 0.484. The van der Waals surface area contributed by atoms with Gasteiger partial charge in [0.05, 0.1) is 16.8 Å². The molecule has 0 amide bonds. The number of hydrogen-bond acceptors (Lipinski definition) is 4. The summed E-state index contributed by atoms with van der Waals surface area (Å²) in [6.45, 7) is 0.333. The van der Waals surface area contributed by atoms with Crippen molar-refractivity contribution < 1.29 is 8.42 Å². The smallest absolute Gasteiger partial charge is 0.267 e. The van der Waals surface area contributed by atoms with Gasteiger partial charge in [0, 0.05) is 17.5 Å². The van der Waals surface area contributed by atoms with Crippen LogP contribution in [0.15, 0.2) is 83.7 Å². The second kappa shape index (κ2) is 8.38. The summed E-state index contributed by atoms with van der Waals surface area (Å²) in [5.74, 6) is 0. The highest BCUT2D eigenvalue weighted by Crippen LogP contribution is 2.26. The minimum Gasteiger partial charge on any atom is -0.267 e. The lowest BCUT2D eigenvalue weighted by atomic mass is 10.0. The topological polar surface area (TPSA) is 81.1 Å². The third-order valence-corrected chi connectivity index (χ3v) is 5.14. The van der Waals surface area contributed by atoms with E-state index in [1.54, 1.807) is 6.07 Å². The Bertz CT molecular complexity index is 1290. The van der Waals surface area contributed by atoms with Crippen molar-refractivity contribution in [2.75, 3.05) is 6.54 Å². The highest BCUT2D eigenvalue weighted by Gasteiger charge is 2.13. The number of nitrogens with zero attached hydrogens (tertiary/aromatic N) is 2. The first-order valence-electron chi connectivity index (χ1n) is 9.18. The van der Waals surface area contributed by atoms with Gasteiger partial charge in [-0.1, -0.05) is 54.6 Å². The van der Waals surface area contributed by atoms with E-state index in [-0.39, 0.29) is 5.56 Å². The van der Waals surface area contributed by atoms with E-state index in [9.17, 15) is 13.2 Å². The molecular formula is C22H19N3O3S. The highest BCUT2D eigenvalue weighted by atomic mass is 32.2. The zero-order chi connectivity index (χ0) is 20.2. The SMILES string of the molecule is O=c1c2ccccc2c(-c2cccc(CCN[SH](=O)=O)c2)nn1-c1ccccc1. The number of para-hydroxylation sites is 1. The van der Waals surface area contributed by atoms with Crippen molar-refractivity contribution in [2.24, 2.45) is 0 Å². The van der Waals surface area contributed by atoms with Gasteiger partial charge in [0.15, 0.2) is 0 Å². The van der Waals surface area contributed by atoms with E-state index in [1.807, 2.05) is 72.8 Å². The van der Waals surface area contributed by atoms with E-state index >= 15 is 0 Å². The molecule has 4 aromatic rings. The van der Waals surface area contributed by atoms with Crippen LogP contribution in [0.1, 0.15) is 5.56 Å². The van der Waals surface area contributed by atoms with Crippen molar-refractivity contribution in [3.63, 3.8) is 0 Å². The first-order chi connectivity index (χ1) is 14.1. The van der Waals surface area contributed by atoms with Gasteiger partial charge in [-0.3, -0.25) is 4.79 Å². The van der Waals surface area contributed by atoms with Crippen molar-refractivity contribution in [1.82, 2.24) is 14.5 Å². The first-order valence-corrected chi connectivity index (χ1v) is 10.4. The van der Waals surface area contributed by atoms with Crippen LogP contribution in [0.4, 0.5) is 0 Å². The standard InChI is InChI=1S/C22H19N3O3S/c26-22-20-12-5-4-11-19(20)21(24-25(22)18-9-2-1-3-10-18)17-8-6-7-16(15-17)13-14-23-29(27)28/h1-12,15,29H,13-14H2,(H,23,27,28). The number of hydrogen-bond donors (Lipinski definition) is 2. The Morgan fingerprint density at radius 3 is 2.34 bits per heavy atom. The van der Waals surface area contributed by atoms with E-state index in [1.165, 1.54) is 4.68 Å². The third kappa shape index (κ3) is 4.11. The van der Waals surface area contributed by atoms with Crippen molar-refractivity contribution in [3.8, 4) is 16.9 Å². The normalized spacial score (nSPS) is 11.2. The Hall–Kier alpha value is -3.29. The molecular weight excluding hydrogens is 386 g/mol. The fourth-order valence-electron chi connectivity index (χ4n) is 3.31. The monoisotopic (exact) mass is 405 g/mol. The van der Waals surface area contributed by atoms with Crippen LogP contribution in [-0.4, -0.2) is 24.7 Å². The lowest BCUT2D eigenvalue weighted by molar-refractivity contribution is 0.602. The van der Waals surface area contributed by atoms with Gasteiger partial charge in [-0.15, -0.1) is 0 Å². The number of thiol groups is 1. The van der Waals surface area contributed by atoms with Crippen LogP contribution in [0.3, 0.4) is 0 Å². The maximum atomic E-state index is 13.0. The van der Waals surface area contributed by atoms with Gasteiger partial charge in [0.2, 0.25) is 10.9 Å². The summed E-state index contributed by atoms with van der Waals surface area (Å²) in [4.78, 5) is 13.0. The van der Waals surface area contributed by atoms with Crippen LogP contribution < -0.4 is 10.3 Å². The molecule has 0 aliphatic rings. The van der Waals surface area contributed by atoms with Crippen LogP contribution in [-0.2, 0) is 17.3 Å². The molecule has 4 rings (SSSR count). The van der Waals surface area contributed by atoms with Gasteiger partial charge in [-0.2, -0.15) is 9.78 Å². The first kappa shape index (κ1) is 19.0. The molecule has 1 heterocycles. The molecule has 0 spiro atoms. The molecule has 0 radical (unpaired) electrons. The summed E-state index contributed by atoms with van der Waals surface area (Å²) >= 11 is 0. The predicted molar refractivity (Wildman–Crippen MR) is 115 cm³/mol. The lowest BCUT2D eigenvalue weighted by Gasteiger charge is -2.12. The number of aromatic nitrogens is 2. The molecule has 7 heteroatoms. The summed E-state index contributed by atoms with van der Waals surface area (Å²) in [5, 5.41) is 6.06. The second-order valence-electron chi connectivity index (χ2n) is 6.56. The van der Waals surface area contributed by atoms with E-state index in [4.69, 9.17) is 0 Å². The fourth-order valence-corrected chi connectivity index (χ4v) is 3.61. The molecule has 0 aliphatic heterocycles. The van der Waals surface area contributed by atoms with Gasteiger partial charge in [-0.05, 0) is 36.2 Å². The second-order valence-corrected chi connectivity index (χ2v) is 7.39. The summed E-state index contributed by atoms with van der Waals surface area (Å²) in [7, 11) is -2.61. The average Bonchev–Trinajstić information content (AvgIpc) is 2.75. The molecule has 29 heavy (non-hydrogen) atoms. The summed E-state index contributed by atoms with van der Waals surface area (Å²) in [5.41, 5.74) is 3.08. The number of benzene rings is 3. The van der Waals surface area contributed by atoms with Gasteiger partial charge in [-0.25, -0.2) is 13.1 Å². The Kier molecular flexibility index (Phi) is 5.50. The molecule has 6 nitrogen and oxygen atoms in total. The van der Waals surface area contributed by atoms with Crippen molar-refractivity contribution in [3.05, 3.63) is 94.8 Å². The maximum Gasteiger partial charge on any atom is 0.279 e. The van der Waals surface area contributed by atoms with Gasteiger partial charge in [0.25, 0.3) is 5.56 Å². The maximum absolute atomic E-state index is 13.0. The highest BCUT2D eigenvalue weighted by molar-refractivity contribution is 7.70. The van der Waals surface area contributed by atoms with Gasteiger partial charge >= 0.3 is 0 Å². The summed E-state index contributed by atoms with van der Waals surface area (Å²) in [6.07, 6.45) is 0.563. The van der Waals surface area contributed by atoms with Crippen LogP contribution in [0.2, 0.25) is 0 Å². The van der Waals surface area contributed by atoms with E-state index in [0.717, 1.165) is 16.5 Å². The van der Waals surface area contributed by atoms with Crippen LogP contribution in [0.5, 0.6) is 0 Å². The lowest BCUT2D eigenvalue weighted by Crippen LogP contribution is -2.22. The van der Waals surface area contributed by atoms with Crippen molar-refractivity contribution in [2.45, 2.75) is 6.42 Å². The van der Waals surface area contributed by atoms with Gasteiger partial charge < -0.3 is 0 Å². The Morgan fingerprint density at radius 2 is 1.59 bits per heavy atom. The van der Waals surface area contributed by atoms with Crippen LogP contribution >= 0.6 is 0 Å². The minimum atomic E-state index is -2.61. The minimum absolute atomic E-state index is 0.171. The van der Waals surface area contributed by atoms with E-state index < -0.39 is 10.9 Å². The Morgan fingerprint density at radius 1 is 0.862 bits per heavy atom. The molecule has 1 aromatic heterocycles. The zero-order valence-electron chi connectivity index (χ0n) is 15.5. The molecule has 146 valence electrons. The molecule has 1 N–H and O–H groups in total. The van der Waals surface area contributed by atoms with Gasteiger partial charge in [0.1, 0.15) is 0 Å². The Balaban J connectivity index is 1.86. The summed E-state index contributed by atoms with van der Waals surface area (Å²) < 4.78 is 25.3. The molecule has 0 aliphatic carbocycles. The van der Waals surface area contributed by atoms with E-state index in [2.05, 4.69) is 9.82 Å². The molecule has 0 fully saturated rings. The summed E-state index contributed by atoms with van der Waals surface area (Å²) in [6, 6.07) is 24.5.